The van der Waals surface area contributed by atoms with Crippen LogP contribution < -0.4 is 10.1 Å². The van der Waals surface area contributed by atoms with E-state index in [0.717, 1.165) is 12.2 Å². The van der Waals surface area contributed by atoms with E-state index in [4.69, 9.17) is 4.74 Å². The highest BCUT2D eigenvalue weighted by Gasteiger charge is 1.95. The molecular formula is C10H14N2O. The number of ether oxygens (including phenoxy) is 1. The number of nitrogens with zero attached hydrogens (tertiary/aromatic N) is 1. The molecule has 0 fully saturated rings. The van der Waals surface area contributed by atoms with Crippen molar-refractivity contribution in [3.8, 4) is 5.88 Å². The largest absolute Gasteiger partial charge is 0.473 e. The van der Waals surface area contributed by atoms with Gasteiger partial charge in [0, 0.05) is 12.6 Å². The maximum Gasteiger partial charge on any atom is 0.213 e. The first-order valence-corrected chi connectivity index (χ1v) is 4.21. The van der Waals surface area contributed by atoms with Crippen molar-refractivity contribution in [1.82, 2.24) is 10.3 Å². The van der Waals surface area contributed by atoms with Crippen LogP contribution in [0, 0.1) is 0 Å². The minimum atomic E-state index is 0.496. The molecule has 0 amide bonds. The second-order valence-corrected chi connectivity index (χ2v) is 2.60. The maximum atomic E-state index is 5.29. The third-order valence-electron chi connectivity index (χ3n) is 1.49. The van der Waals surface area contributed by atoms with Crippen LogP contribution in [0.25, 0.3) is 0 Å². The fraction of sp³-hybridized carbons (Fsp3) is 0.300. The zero-order chi connectivity index (χ0) is 9.52. The molecule has 0 saturated heterocycles. The van der Waals surface area contributed by atoms with E-state index in [9.17, 15) is 0 Å². The van der Waals surface area contributed by atoms with Gasteiger partial charge in [-0.15, -0.1) is 0 Å². The van der Waals surface area contributed by atoms with Gasteiger partial charge in [-0.2, -0.15) is 0 Å². The molecule has 0 radical (unpaired) electrons. The van der Waals surface area contributed by atoms with E-state index in [2.05, 4.69) is 16.9 Å². The van der Waals surface area contributed by atoms with E-state index in [0.29, 0.717) is 12.5 Å². The van der Waals surface area contributed by atoms with Gasteiger partial charge in [-0.25, -0.2) is 4.98 Å². The minimum Gasteiger partial charge on any atom is -0.473 e. The minimum absolute atomic E-state index is 0.496. The Morgan fingerprint density at radius 1 is 1.62 bits per heavy atom. The molecule has 0 atom stereocenters. The first-order chi connectivity index (χ1) is 6.36. The SMILES string of the molecule is C=CCOc1cccc(CNC)n1. The summed E-state index contributed by atoms with van der Waals surface area (Å²) in [7, 11) is 1.89. The second kappa shape index (κ2) is 5.32. The molecule has 70 valence electrons. The van der Waals surface area contributed by atoms with Gasteiger partial charge in [-0.1, -0.05) is 18.7 Å². The highest BCUT2D eigenvalue weighted by atomic mass is 16.5. The number of pyridine rings is 1. The Labute approximate surface area is 78.4 Å². The molecule has 1 aromatic rings. The zero-order valence-corrected chi connectivity index (χ0v) is 7.79. The molecule has 0 saturated carbocycles. The van der Waals surface area contributed by atoms with Gasteiger partial charge in [0.2, 0.25) is 5.88 Å². The zero-order valence-electron chi connectivity index (χ0n) is 7.79. The van der Waals surface area contributed by atoms with Gasteiger partial charge in [0.25, 0.3) is 0 Å². The monoisotopic (exact) mass is 178 g/mol. The lowest BCUT2D eigenvalue weighted by Crippen LogP contribution is -2.07. The molecule has 1 rings (SSSR count). The molecule has 3 heteroatoms. The van der Waals surface area contributed by atoms with Gasteiger partial charge in [0.1, 0.15) is 6.61 Å². The Hall–Kier alpha value is -1.35. The normalized spacial score (nSPS) is 9.62. The second-order valence-electron chi connectivity index (χ2n) is 2.60. The fourth-order valence-electron chi connectivity index (χ4n) is 0.962. The molecule has 0 aliphatic carbocycles. The molecule has 13 heavy (non-hydrogen) atoms. The predicted octanol–water partition coefficient (Wildman–Crippen LogP) is 1.37. The average molecular weight is 178 g/mol. The smallest absolute Gasteiger partial charge is 0.213 e. The predicted molar refractivity (Wildman–Crippen MR) is 52.7 cm³/mol. The summed E-state index contributed by atoms with van der Waals surface area (Å²) < 4.78 is 5.29. The Morgan fingerprint density at radius 2 is 2.46 bits per heavy atom. The summed E-state index contributed by atoms with van der Waals surface area (Å²) in [4.78, 5) is 4.27. The molecule has 1 aromatic heterocycles. The van der Waals surface area contributed by atoms with Crippen LogP contribution in [0.2, 0.25) is 0 Å². The average Bonchev–Trinajstić information content (AvgIpc) is 2.16. The standard InChI is InChI=1S/C10H14N2O/c1-3-7-13-10-6-4-5-9(12-10)8-11-2/h3-6,11H,1,7-8H2,2H3. The van der Waals surface area contributed by atoms with E-state index in [1.807, 2.05) is 25.2 Å². The topological polar surface area (TPSA) is 34.1 Å². The Morgan fingerprint density at radius 3 is 3.15 bits per heavy atom. The molecule has 1 heterocycles. The van der Waals surface area contributed by atoms with Crippen molar-refractivity contribution >= 4 is 0 Å². The molecule has 0 spiro atoms. The molecule has 0 unspecified atom stereocenters. The van der Waals surface area contributed by atoms with Crippen molar-refractivity contribution in [3.63, 3.8) is 0 Å². The van der Waals surface area contributed by atoms with E-state index in [-0.39, 0.29) is 0 Å². The molecular weight excluding hydrogens is 164 g/mol. The first kappa shape index (κ1) is 9.74. The van der Waals surface area contributed by atoms with Crippen LogP contribution in [-0.4, -0.2) is 18.6 Å². The van der Waals surface area contributed by atoms with Gasteiger partial charge in [0.05, 0.1) is 5.69 Å². The quantitative estimate of drug-likeness (QED) is 0.691. The summed E-state index contributed by atoms with van der Waals surface area (Å²) in [5.74, 6) is 0.646. The van der Waals surface area contributed by atoms with Gasteiger partial charge in [-0.3, -0.25) is 0 Å². The molecule has 1 N–H and O–H groups in total. The molecule has 0 bridgehead atoms. The van der Waals surface area contributed by atoms with Crippen LogP contribution in [0.4, 0.5) is 0 Å². The molecule has 0 aromatic carbocycles. The van der Waals surface area contributed by atoms with Crippen LogP contribution >= 0.6 is 0 Å². The van der Waals surface area contributed by atoms with Crippen molar-refractivity contribution in [1.29, 1.82) is 0 Å². The molecule has 0 aliphatic heterocycles. The summed E-state index contributed by atoms with van der Waals surface area (Å²) in [6.45, 7) is 4.82. The number of nitrogens with one attached hydrogen (secondary N) is 1. The van der Waals surface area contributed by atoms with Crippen molar-refractivity contribution in [2.75, 3.05) is 13.7 Å². The van der Waals surface area contributed by atoms with E-state index < -0.39 is 0 Å². The van der Waals surface area contributed by atoms with Crippen LogP contribution in [0.3, 0.4) is 0 Å². The van der Waals surface area contributed by atoms with Crippen molar-refractivity contribution in [3.05, 3.63) is 36.5 Å². The van der Waals surface area contributed by atoms with Crippen LogP contribution in [0.5, 0.6) is 5.88 Å². The van der Waals surface area contributed by atoms with E-state index in [1.165, 1.54) is 0 Å². The highest BCUT2D eigenvalue weighted by Crippen LogP contribution is 2.06. The number of rotatable bonds is 5. The molecule has 3 nitrogen and oxygen atoms in total. The Kier molecular flexibility index (Phi) is 3.99. The summed E-state index contributed by atoms with van der Waals surface area (Å²) in [6, 6.07) is 5.72. The van der Waals surface area contributed by atoms with Gasteiger partial charge < -0.3 is 10.1 Å². The maximum absolute atomic E-state index is 5.29. The van der Waals surface area contributed by atoms with Crippen LogP contribution in [0.15, 0.2) is 30.9 Å². The lowest BCUT2D eigenvalue weighted by Gasteiger charge is -2.04. The van der Waals surface area contributed by atoms with Crippen molar-refractivity contribution in [2.24, 2.45) is 0 Å². The highest BCUT2D eigenvalue weighted by molar-refractivity contribution is 5.15. The summed E-state index contributed by atoms with van der Waals surface area (Å²) in [5.41, 5.74) is 0.976. The lowest BCUT2D eigenvalue weighted by molar-refractivity contribution is 0.347. The van der Waals surface area contributed by atoms with Gasteiger partial charge in [0.15, 0.2) is 0 Å². The Bertz CT molecular complexity index is 273. The number of hydrogen-bond acceptors (Lipinski definition) is 3. The lowest BCUT2D eigenvalue weighted by atomic mass is 10.3. The third-order valence-corrected chi connectivity index (χ3v) is 1.49. The third kappa shape index (κ3) is 3.25. The van der Waals surface area contributed by atoms with Crippen molar-refractivity contribution < 1.29 is 4.74 Å². The summed E-state index contributed by atoms with van der Waals surface area (Å²) in [5, 5.41) is 3.03. The fourth-order valence-corrected chi connectivity index (χ4v) is 0.962. The number of aromatic nitrogens is 1. The first-order valence-electron chi connectivity index (χ1n) is 4.21. The summed E-state index contributed by atoms with van der Waals surface area (Å²) >= 11 is 0. The van der Waals surface area contributed by atoms with E-state index in [1.54, 1.807) is 6.08 Å². The van der Waals surface area contributed by atoms with E-state index >= 15 is 0 Å². The van der Waals surface area contributed by atoms with Crippen LogP contribution in [0.1, 0.15) is 5.69 Å². The van der Waals surface area contributed by atoms with Crippen molar-refractivity contribution in [2.45, 2.75) is 6.54 Å². The van der Waals surface area contributed by atoms with Crippen LogP contribution in [-0.2, 0) is 6.54 Å². The number of hydrogen-bond donors (Lipinski definition) is 1. The van der Waals surface area contributed by atoms with Gasteiger partial charge in [-0.05, 0) is 13.1 Å². The summed E-state index contributed by atoms with van der Waals surface area (Å²) in [6.07, 6.45) is 1.70. The molecule has 0 aliphatic rings. The van der Waals surface area contributed by atoms with Gasteiger partial charge >= 0.3 is 0 Å². The Balaban J connectivity index is 2.61.